The minimum Gasteiger partial charge on any atom is -0.423 e. The summed E-state index contributed by atoms with van der Waals surface area (Å²) in [6.45, 7) is 6.39. The van der Waals surface area contributed by atoms with E-state index in [9.17, 15) is 9.59 Å². The van der Waals surface area contributed by atoms with Gasteiger partial charge in [0.25, 0.3) is 0 Å². The molecule has 0 spiro atoms. The SMILES string of the molecule is CCCCCCCCCC(CC)C(=O)Oc1ccccc1OC(=O)CCCCCC. The average molecular weight is 419 g/mol. The largest absolute Gasteiger partial charge is 0.423 e. The van der Waals surface area contributed by atoms with Crippen LogP contribution in [0.1, 0.15) is 111 Å². The molecule has 1 rings (SSSR count). The van der Waals surface area contributed by atoms with Gasteiger partial charge in [0.2, 0.25) is 0 Å². The van der Waals surface area contributed by atoms with E-state index in [4.69, 9.17) is 9.47 Å². The van der Waals surface area contributed by atoms with Crippen LogP contribution in [0.15, 0.2) is 24.3 Å². The lowest BCUT2D eigenvalue weighted by Gasteiger charge is -2.15. The van der Waals surface area contributed by atoms with Gasteiger partial charge >= 0.3 is 11.9 Å². The molecule has 0 aliphatic heterocycles. The summed E-state index contributed by atoms with van der Waals surface area (Å²) in [6, 6.07) is 6.95. The fraction of sp³-hybridized carbons (Fsp3) is 0.692. The summed E-state index contributed by atoms with van der Waals surface area (Å²) in [5.74, 6) is 0.0534. The van der Waals surface area contributed by atoms with Crippen molar-refractivity contribution < 1.29 is 19.1 Å². The molecule has 1 aromatic carbocycles. The molecule has 0 bridgehead atoms. The van der Waals surface area contributed by atoms with E-state index < -0.39 is 0 Å². The third kappa shape index (κ3) is 11.4. The predicted molar refractivity (Wildman–Crippen MR) is 123 cm³/mol. The first kappa shape index (κ1) is 26.2. The van der Waals surface area contributed by atoms with Crippen molar-refractivity contribution in [1.82, 2.24) is 0 Å². The molecule has 0 heterocycles. The second-order valence-corrected chi connectivity index (χ2v) is 8.17. The van der Waals surface area contributed by atoms with Gasteiger partial charge in [-0.2, -0.15) is 0 Å². The van der Waals surface area contributed by atoms with Crippen LogP contribution in [0.2, 0.25) is 0 Å². The van der Waals surface area contributed by atoms with Gasteiger partial charge in [0.1, 0.15) is 0 Å². The molecule has 0 aromatic heterocycles. The summed E-state index contributed by atoms with van der Waals surface area (Å²) in [5.41, 5.74) is 0. The molecule has 0 fully saturated rings. The van der Waals surface area contributed by atoms with E-state index in [1.54, 1.807) is 24.3 Å². The summed E-state index contributed by atoms with van der Waals surface area (Å²) >= 11 is 0. The Hall–Kier alpha value is -1.84. The summed E-state index contributed by atoms with van der Waals surface area (Å²) in [4.78, 5) is 24.8. The molecular formula is C26H42O4. The third-order valence-corrected chi connectivity index (χ3v) is 5.50. The monoisotopic (exact) mass is 418 g/mol. The van der Waals surface area contributed by atoms with E-state index in [2.05, 4.69) is 13.8 Å². The van der Waals surface area contributed by atoms with Crippen LogP contribution in [0.5, 0.6) is 11.5 Å². The Morgan fingerprint density at radius 2 is 1.27 bits per heavy atom. The van der Waals surface area contributed by atoms with E-state index in [1.807, 2.05) is 6.92 Å². The second-order valence-electron chi connectivity index (χ2n) is 8.17. The molecule has 1 aromatic rings. The number of esters is 2. The van der Waals surface area contributed by atoms with Crippen molar-refractivity contribution in [1.29, 1.82) is 0 Å². The predicted octanol–water partition coefficient (Wildman–Crippen LogP) is 7.63. The molecule has 1 unspecified atom stereocenters. The number of para-hydroxylation sites is 2. The van der Waals surface area contributed by atoms with Gasteiger partial charge in [0.15, 0.2) is 11.5 Å². The molecular weight excluding hydrogens is 376 g/mol. The zero-order valence-electron chi connectivity index (χ0n) is 19.4. The van der Waals surface area contributed by atoms with Crippen LogP contribution in [0.3, 0.4) is 0 Å². The van der Waals surface area contributed by atoms with Crippen LogP contribution >= 0.6 is 0 Å². The molecule has 30 heavy (non-hydrogen) atoms. The Bertz CT molecular complexity index is 596. The van der Waals surface area contributed by atoms with E-state index in [0.717, 1.165) is 44.9 Å². The lowest BCUT2D eigenvalue weighted by molar-refractivity contribution is -0.140. The maximum atomic E-state index is 12.7. The fourth-order valence-corrected chi connectivity index (χ4v) is 3.52. The smallest absolute Gasteiger partial charge is 0.314 e. The molecule has 1 atom stereocenters. The summed E-state index contributed by atoms with van der Waals surface area (Å²) in [7, 11) is 0. The second kappa shape index (κ2) is 16.9. The average Bonchev–Trinajstić information content (AvgIpc) is 2.74. The van der Waals surface area contributed by atoms with Crippen molar-refractivity contribution >= 4 is 11.9 Å². The van der Waals surface area contributed by atoms with Crippen molar-refractivity contribution in [2.75, 3.05) is 0 Å². The highest BCUT2D eigenvalue weighted by Gasteiger charge is 2.20. The van der Waals surface area contributed by atoms with Gasteiger partial charge in [-0.15, -0.1) is 0 Å². The first-order valence-electron chi connectivity index (χ1n) is 12.1. The standard InChI is InChI=1S/C26H42O4/c1-4-7-9-11-12-13-14-18-22(6-3)26(28)30-24-20-17-16-19-23(24)29-25(27)21-15-10-8-5-2/h16-17,19-20,22H,4-15,18,21H2,1-3H3. The third-order valence-electron chi connectivity index (χ3n) is 5.50. The molecule has 4 heteroatoms. The van der Waals surface area contributed by atoms with Crippen LogP contribution < -0.4 is 9.47 Å². The van der Waals surface area contributed by atoms with Gasteiger partial charge in [0, 0.05) is 6.42 Å². The Kier molecular flexibility index (Phi) is 14.8. The maximum Gasteiger partial charge on any atom is 0.314 e. The highest BCUT2D eigenvalue weighted by Crippen LogP contribution is 2.29. The zero-order chi connectivity index (χ0) is 22.0. The number of ether oxygens (including phenoxy) is 2. The van der Waals surface area contributed by atoms with Crippen LogP contribution in [-0.4, -0.2) is 11.9 Å². The van der Waals surface area contributed by atoms with Crippen LogP contribution in [-0.2, 0) is 9.59 Å². The highest BCUT2D eigenvalue weighted by molar-refractivity contribution is 5.77. The molecule has 0 saturated carbocycles. The Labute approximate surface area is 183 Å². The molecule has 0 aliphatic carbocycles. The lowest BCUT2D eigenvalue weighted by atomic mass is 9.98. The van der Waals surface area contributed by atoms with Crippen LogP contribution in [0.4, 0.5) is 0 Å². The molecule has 0 N–H and O–H groups in total. The fourth-order valence-electron chi connectivity index (χ4n) is 3.52. The van der Waals surface area contributed by atoms with E-state index in [0.29, 0.717) is 17.9 Å². The van der Waals surface area contributed by atoms with Crippen molar-refractivity contribution in [2.45, 2.75) is 111 Å². The number of unbranched alkanes of at least 4 members (excludes halogenated alkanes) is 9. The first-order valence-corrected chi connectivity index (χ1v) is 12.1. The maximum absolute atomic E-state index is 12.7. The van der Waals surface area contributed by atoms with Gasteiger partial charge in [-0.1, -0.05) is 97.1 Å². The van der Waals surface area contributed by atoms with Crippen LogP contribution in [0, 0.1) is 5.92 Å². The Morgan fingerprint density at radius 3 is 1.87 bits per heavy atom. The molecule has 170 valence electrons. The molecule has 0 saturated heterocycles. The minimum atomic E-state index is -0.273. The molecule has 0 amide bonds. The molecule has 0 aliphatic rings. The van der Waals surface area contributed by atoms with Crippen molar-refractivity contribution in [2.24, 2.45) is 5.92 Å². The van der Waals surface area contributed by atoms with Gasteiger partial charge in [-0.25, -0.2) is 0 Å². The first-order chi connectivity index (χ1) is 14.6. The van der Waals surface area contributed by atoms with E-state index in [-0.39, 0.29) is 17.9 Å². The van der Waals surface area contributed by atoms with Crippen molar-refractivity contribution in [3.8, 4) is 11.5 Å². The Balaban J connectivity index is 2.47. The number of carbonyl (C=O) groups excluding carboxylic acids is 2. The highest BCUT2D eigenvalue weighted by atomic mass is 16.6. The number of benzene rings is 1. The topological polar surface area (TPSA) is 52.6 Å². The van der Waals surface area contributed by atoms with Crippen molar-refractivity contribution in [3.05, 3.63) is 24.3 Å². The summed E-state index contributed by atoms with van der Waals surface area (Å²) in [6.07, 6.45) is 14.7. The number of hydrogen-bond donors (Lipinski definition) is 0. The summed E-state index contributed by atoms with van der Waals surface area (Å²) in [5, 5.41) is 0. The van der Waals surface area contributed by atoms with Gasteiger partial charge < -0.3 is 9.47 Å². The van der Waals surface area contributed by atoms with Crippen molar-refractivity contribution in [3.63, 3.8) is 0 Å². The van der Waals surface area contributed by atoms with Crippen LogP contribution in [0.25, 0.3) is 0 Å². The number of rotatable bonds is 17. The van der Waals surface area contributed by atoms with Gasteiger partial charge in [-0.05, 0) is 31.4 Å². The van der Waals surface area contributed by atoms with E-state index >= 15 is 0 Å². The number of hydrogen-bond acceptors (Lipinski definition) is 4. The van der Waals surface area contributed by atoms with Gasteiger partial charge in [-0.3, -0.25) is 9.59 Å². The molecule has 0 radical (unpaired) electrons. The van der Waals surface area contributed by atoms with Gasteiger partial charge in [0.05, 0.1) is 5.92 Å². The lowest BCUT2D eigenvalue weighted by Crippen LogP contribution is -2.20. The Morgan fingerprint density at radius 1 is 0.733 bits per heavy atom. The molecule has 4 nitrogen and oxygen atoms in total. The quantitative estimate of drug-likeness (QED) is 0.148. The normalized spacial score (nSPS) is 11.8. The minimum absolute atomic E-state index is 0.113. The number of carbonyl (C=O) groups is 2. The van der Waals surface area contributed by atoms with E-state index in [1.165, 1.54) is 38.5 Å². The zero-order valence-corrected chi connectivity index (χ0v) is 19.4. The summed E-state index contributed by atoms with van der Waals surface area (Å²) < 4.78 is 11.1.